The van der Waals surface area contributed by atoms with Crippen molar-refractivity contribution >= 4 is 69.4 Å². The third-order valence-corrected chi connectivity index (χ3v) is 6.94. The lowest BCUT2D eigenvalue weighted by atomic mass is 10.1. The molecule has 2 amide bonds. The summed E-state index contributed by atoms with van der Waals surface area (Å²) >= 11 is 7.71. The number of thiophene rings is 1. The summed E-state index contributed by atoms with van der Waals surface area (Å²) in [6, 6.07) is 5.39. The summed E-state index contributed by atoms with van der Waals surface area (Å²) in [5.41, 5.74) is 1.20. The average Bonchev–Trinajstić information content (AvgIpc) is 3.49. The predicted octanol–water partition coefficient (Wildman–Crippen LogP) is 3.67. The smallest absolute Gasteiger partial charge is 0.311 e. The first-order valence-corrected chi connectivity index (χ1v) is 12.0. The largest absolute Gasteiger partial charge is 0.481 e. The highest BCUT2D eigenvalue weighted by Crippen LogP contribution is 2.35. The molecule has 0 saturated carbocycles. The maximum atomic E-state index is 13.5. The van der Waals surface area contributed by atoms with Crippen molar-refractivity contribution in [2.45, 2.75) is 12.8 Å². The van der Waals surface area contributed by atoms with Crippen LogP contribution in [0.25, 0.3) is 17.2 Å². The van der Waals surface area contributed by atoms with Crippen LogP contribution in [0, 0.1) is 11.6 Å². The summed E-state index contributed by atoms with van der Waals surface area (Å²) in [6.07, 6.45) is 1.21. The Bertz CT molecular complexity index is 1370. The van der Waals surface area contributed by atoms with Gasteiger partial charge in [0.15, 0.2) is 11.6 Å². The van der Waals surface area contributed by atoms with Crippen LogP contribution in [0.5, 0.6) is 0 Å². The summed E-state index contributed by atoms with van der Waals surface area (Å²) < 4.78 is 27.0. The highest BCUT2D eigenvalue weighted by atomic mass is 32.2. The van der Waals surface area contributed by atoms with Crippen molar-refractivity contribution in [3.8, 4) is 11.1 Å². The van der Waals surface area contributed by atoms with Crippen LogP contribution in [-0.4, -0.2) is 53.8 Å². The number of aromatic amines is 1. The number of halogens is 2. The molecule has 0 bridgehead atoms. The van der Waals surface area contributed by atoms with Gasteiger partial charge in [-0.2, -0.15) is 4.98 Å². The number of aromatic nitrogens is 3. The average molecular weight is 536 g/mol. The minimum absolute atomic E-state index is 0.0325. The van der Waals surface area contributed by atoms with Gasteiger partial charge in [0.05, 0.1) is 4.91 Å². The number of hydrogen-bond donors (Lipinski definition) is 3. The lowest BCUT2D eigenvalue weighted by molar-refractivity contribution is -0.136. The molecule has 0 aliphatic carbocycles. The van der Waals surface area contributed by atoms with Crippen molar-refractivity contribution in [2.24, 2.45) is 0 Å². The zero-order chi connectivity index (χ0) is 25.1. The standard InChI is InChI=1S/C21H15F2N5O4S3/c22-13-2-1-10(6-14(13)23)11-5-12(34-9-11)7-15-19(32)28(21(33)35-15)4-3-17(29)25-20-24-16(26-27-20)8-18(30)31/h1-2,5-7,9H,3-4,8H2,(H,30,31)(H2,24,25,26,27,29)/b15-7-. The Hall–Kier alpha value is -3.49. The summed E-state index contributed by atoms with van der Waals surface area (Å²) in [5, 5.41) is 19.1. The number of anilines is 1. The Morgan fingerprint density at radius 3 is 2.77 bits per heavy atom. The van der Waals surface area contributed by atoms with E-state index in [1.807, 2.05) is 0 Å². The SMILES string of the molecule is O=C(O)Cc1nc(NC(=O)CCN2C(=O)/C(=C/c3cc(-c4ccc(F)c(F)c4)cs3)SC2=S)n[nH]1. The molecule has 4 rings (SSSR count). The molecule has 14 heteroatoms. The molecule has 3 heterocycles. The van der Waals surface area contributed by atoms with E-state index in [0.29, 0.717) is 20.4 Å². The number of H-pyrrole nitrogens is 1. The molecule has 0 spiro atoms. The van der Waals surface area contributed by atoms with Gasteiger partial charge in [0.25, 0.3) is 5.91 Å². The molecular weight excluding hydrogens is 520 g/mol. The van der Waals surface area contributed by atoms with Crippen molar-refractivity contribution in [1.29, 1.82) is 0 Å². The minimum atomic E-state index is -1.09. The van der Waals surface area contributed by atoms with E-state index in [-0.39, 0.29) is 37.1 Å². The number of hydrogen-bond acceptors (Lipinski definition) is 8. The van der Waals surface area contributed by atoms with E-state index in [1.54, 1.807) is 17.5 Å². The maximum Gasteiger partial charge on any atom is 0.311 e. The maximum absolute atomic E-state index is 13.5. The highest BCUT2D eigenvalue weighted by molar-refractivity contribution is 8.26. The number of nitrogens with zero attached hydrogens (tertiary/aromatic N) is 3. The van der Waals surface area contributed by atoms with Crippen molar-refractivity contribution in [3.05, 3.63) is 56.9 Å². The first-order chi connectivity index (χ1) is 16.7. The van der Waals surface area contributed by atoms with Crippen LogP contribution in [0.2, 0.25) is 0 Å². The Morgan fingerprint density at radius 1 is 1.23 bits per heavy atom. The number of amides is 2. The summed E-state index contributed by atoms with van der Waals surface area (Å²) in [4.78, 5) is 42.0. The third-order valence-electron chi connectivity index (χ3n) is 4.68. The number of carbonyl (C=O) groups excluding carboxylic acids is 2. The molecule has 35 heavy (non-hydrogen) atoms. The van der Waals surface area contributed by atoms with Gasteiger partial charge in [-0.1, -0.05) is 30.0 Å². The molecule has 0 unspecified atom stereocenters. The van der Waals surface area contributed by atoms with E-state index in [1.165, 1.54) is 22.3 Å². The second-order valence-corrected chi connectivity index (χ2v) is 9.79. The zero-order valence-corrected chi connectivity index (χ0v) is 20.0. The fourth-order valence-corrected chi connectivity index (χ4v) is 5.27. The number of carbonyl (C=O) groups is 3. The Kier molecular flexibility index (Phi) is 7.33. The number of rotatable bonds is 8. The molecular formula is C21H15F2N5O4S3. The molecule has 3 aromatic rings. The van der Waals surface area contributed by atoms with Gasteiger partial charge in [-0.25, -0.2) is 8.78 Å². The van der Waals surface area contributed by atoms with Crippen LogP contribution < -0.4 is 5.32 Å². The molecule has 1 saturated heterocycles. The zero-order valence-electron chi connectivity index (χ0n) is 17.6. The molecule has 1 aliphatic heterocycles. The van der Waals surface area contributed by atoms with Crippen LogP contribution in [0.3, 0.4) is 0 Å². The Labute approximate surface area is 210 Å². The second kappa shape index (κ2) is 10.4. The van der Waals surface area contributed by atoms with Crippen molar-refractivity contribution in [1.82, 2.24) is 20.1 Å². The van der Waals surface area contributed by atoms with E-state index in [0.717, 1.165) is 28.8 Å². The van der Waals surface area contributed by atoms with Gasteiger partial charge in [0.2, 0.25) is 11.9 Å². The lowest BCUT2D eigenvalue weighted by Crippen LogP contribution is -2.31. The number of aliphatic carboxylic acids is 1. The van der Waals surface area contributed by atoms with E-state index in [9.17, 15) is 23.2 Å². The van der Waals surface area contributed by atoms with Crippen molar-refractivity contribution < 1.29 is 28.3 Å². The second-order valence-electron chi connectivity index (χ2n) is 7.17. The third kappa shape index (κ3) is 5.96. The quantitative estimate of drug-likeness (QED) is 0.295. The lowest BCUT2D eigenvalue weighted by Gasteiger charge is -2.13. The van der Waals surface area contributed by atoms with E-state index < -0.39 is 23.5 Å². The van der Waals surface area contributed by atoms with Gasteiger partial charge in [0.1, 0.15) is 16.6 Å². The number of thiocarbonyl (C=S) groups is 1. The number of nitrogens with one attached hydrogen (secondary N) is 2. The monoisotopic (exact) mass is 535 g/mol. The number of carboxylic acids is 1. The fourth-order valence-electron chi connectivity index (χ4n) is 3.05. The van der Waals surface area contributed by atoms with Gasteiger partial charge >= 0.3 is 5.97 Å². The summed E-state index contributed by atoms with van der Waals surface area (Å²) in [6.45, 7) is 0.0325. The summed E-state index contributed by atoms with van der Waals surface area (Å²) in [5.74, 6) is -3.75. The molecule has 180 valence electrons. The first kappa shape index (κ1) is 24.6. The fraction of sp³-hybridized carbons (Fsp3) is 0.143. The van der Waals surface area contributed by atoms with Gasteiger partial charge in [0, 0.05) is 17.8 Å². The van der Waals surface area contributed by atoms with Crippen LogP contribution in [0.15, 0.2) is 34.6 Å². The first-order valence-electron chi connectivity index (χ1n) is 9.92. The number of carboxylic acid groups (broad SMARTS) is 1. The molecule has 9 nitrogen and oxygen atoms in total. The molecule has 1 fully saturated rings. The Balaban J connectivity index is 1.36. The van der Waals surface area contributed by atoms with Gasteiger partial charge in [-0.05, 0) is 40.8 Å². The van der Waals surface area contributed by atoms with Gasteiger partial charge < -0.3 is 5.11 Å². The highest BCUT2D eigenvalue weighted by Gasteiger charge is 2.32. The van der Waals surface area contributed by atoms with Crippen LogP contribution in [0.4, 0.5) is 14.7 Å². The number of thioether (sulfide) groups is 1. The normalized spacial score (nSPS) is 14.7. The van der Waals surface area contributed by atoms with E-state index >= 15 is 0 Å². The molecule has 0 atom stereocenters. The van der Waals surface area contributed by atoms with E-state index in [2.05, 4.69) is 20.5 Å². The van der Waals surface area contributed by atoms with Gasteiger partial charge in [-0.3, -0.25) is 29.7 Å². The minimum Gasteiger partial charge on any atom is -0.481 e. The molecule has 0 radical (unpaired) electrons. The van der Waals surface area contributed by atoms with E-state index in [4.69, 9.17) is 17.3 Å². The number of benzene rings is 1. The van der Waals surface area contributed by atoms with Crippen LogP contribution in [-0.2, 0) is 20.8 Å². The summed E-state index contributed by atoms with van der Waals surface area (Å²) in [7, 11) is 0. The molecule has 2 aromatic heterocycles. The molecule has 1 aliphatic rings. The van der Waals surface area contributed by atoms with Gasteiger partial charge in [-0.15, -0.1) is 16.4 Å². The topological polar surface area (TPSA) is 128 Å². The van der Waals surface area contributed by atoms with Crippen molar-refractivity contribution in [3.63, 3.8) is 0 Å². The van der Waals surface area contributed by atoms with Crippen LogP contribution >= 0.6 is 35.3 Å². The van der Waals surface area contributed by atoms with Crippen LogP contribution in [0.1, 0.15) is 17.1 Å². The molecule has 3 N–H and O–H groups in total. The predicted molar refractivity (Wildman–Crippen MR) is 131 cm³/mol. The molecule has 1 aromatic carbocycles. The Morgan fingerprint density at radius 2 is 2.03 bits per heavy atom. The van der Waals surface area contributed by atoms with Crippen molar-refractivity contribution in [2.75, 3.05) is 11.9 Å².